The van der Waals surface area contributed by atoms with Crippen molar-refractivity contribution in [1.82, 2.24) is 9.80 Å². The van der Waals surface area contributed by atoms with Crippen molar-refractivity contribution in [3.63, 3.8) is 0 Å². The minimum Gasteiger partial charge on any atom is -0.368 e. The summed E-state index contributed by atoms with van der Waals surface area (Å²) in [7, 11) is 0. The van der Waals surface area contributed by atoms with Crippen molar-refractivity contribution in [2.45, 2.75) is 50.5 Å². The molecule has 0 aromatic heterocycles. The monoisotopic (exact) mass is 343 g/mol. The smallest absolute Gasteiger partial charge is 0.238 e. The first-order chi connectivity index (χ1) is 12.1. The van der Waals surface area contributed by atoms with Gasteiger partial charge in [-0.2, -0.15) is 0 Å². The number of hydrogen-bond donors (Lipinski definition) is 1. The van der Waals surface area contributed by atoms with Crippen LogP contribution in [-0.4, -0.2) is 53.3 Å². The molecule has 2 saturated heterocycles. The van der Waals surface area contributed by atoms with Gasteiger partial charge >= 0.3 is 0 Å². The Balaban J connectivity index is 1.56. The lowest BCUT2D eigenvalue weighted by molar-refractivity contribution is -0.142. The Labute approximate surface area is 150 Å². The molecule has 136 valence electrons. The lowest BCUT2D eigenvalue weighted by atomic mass is 9.83. The Bertz CT molecular complexity index is 588. The first-order valence-corrected chi connectivity index (χ1v) is 9.48. The molecule has 1 aromatic rings. The fourth-order valence-corrected chi connectivity index (χ4v) is 4.22. The SMILES string of the molecule is NC(=O)C1(N2CCCCC2)CCN(C(=O)CCc2ccccc2)CC1. The summed E-state index contributed by atoms with van der Waals surface area (Å²) in [5.74, 6) is -0.0358. The Hall–Kier alpha value is -1.88. The molecule has 2 heterocycles. The number of amides is 2. The number of likely N-dealkylation sites (tertiary alicyclic amines) is 2. The van der Waals surface area contributed by atoms with Gasteiger partial charge in [-0.25, -0.2) is 0 Å². The Morgan fingerprint density at radius 3 is 2.20 bits per heavy atom. The minimum atomic E-state index is -0.545. The molecule has 2 amide bonds. The summed E-state index contributed by atoms with van der Waals surface area (Å²) >= 11 is 0. The first-order valence-electron chi connectivity index (χ1n) is 9.48. The maximum absolute atomic E-state index is 12.5. The van der Waals surface area contributed by atoms with E-state index in [0.717, 1.165) is 32.4 Å². The standard InChI is InChI=1S/C20H29N3O2/c21-19(25)20(23-13-5-2-6-14-23)11-15-22(16-12-20)18(24)10-9-17-7-3-1-4-8-17/h1,3-4,7-8H,2,5-6,9-16H2,(H2,21,25). The molecule has 3 rings (SSSR count). The number of nitrogens with two attached hydrogens (primary N) is 1. The summed E-state index contributed by atoms with van der Waals surface area (Å²) in [5, 5.41) is 0. The Morgan fingerprint density at radius 1 is 0.960 bits per heavy atom. The van der Waals surface area contributed by atoms with Gasteiger partial charge in [0.2, 0.25) is 11.8 Å². The summed E-state index contributed by atoms with van der Waals surface area (Å²) in [6, 6.07) is 10.1. The van der Waals surface area contributed by atoms with Crippen LogP contribution in [0.5, 0.6) is 0 Å². The first kappa shape index (κ1) is 17.9. The summed E-state index contributed by atoms with van der Waals surface area (Å²) in [4.78, 5) is 29.0. The molecule has 25 heavy (non-hydrogen) atoms. The second kappa shape index (κ2) is 8.00. The van der Waals surface area contributed by atoms with Crippen LogP contribution < -0.4 is 5.73 Å². The van der Waals surface area contributed by atoms with Gasteiger partial charge in [0.25, 0.3) is 0 Å². The highest BCUT2D eigenvalue weighted by Crippen LogP contribution is 2.31. The van der Waals surface area contributed by atoms with Crippen LogP contribution in [0, 0.1) is 0 Å². The van der Waals surface area contributed by atoms with Crippen LogP contribution in [0.2, 0.25) is 0 Å². The topological polar surface area (TPSA) is 66.6 Å². The number of nitrogens with zero attached hydrogens (tertiary/aromatic N) is 2. The maximum atomic E-state index is 12.5. The third-order valence-electron chi connectivity index (χ3n) is 5.83. The molecule has 1 aromatic carbocycles. The van der Waals surface area contributed by atoms with Crippen molar-refractivity contribution in [3.05, 3.63) is 35.9 Å². The Morgan fingerprint density at radius 2 is 1.60 bits per heavy atom. The second-order valence-corrected chi connectivity index (χ2v) is 7.31. The predicted octanol–water partition coefficient (Wildman–Crippen LogP) is 1.95. The van der Waals surface area contributed by atoms with Crippen LogP contribution in [0.15, 0.2) is 30.3 Å². The second-order valence-electron chi connectivity index (χ2n) is 7.31. The van der Waals surface area contributed by atoms with Crippen LogP contribution in [0.3, 0.4) is 0 Å². The van der Waals surface area contributed by atoms with Crippen LogP contribution in [0.25, 0.3) is 0 Å². The maximum Gasteiger partial charge on any atom is 0.238 e. The van der Waals surface area contributed by atoms with Crippen LogP contribution in [0.4, 0.5) is 0 Å². The van der Waals surface area contributed by atoms with Gasteiger partial charge in [0, 0.05) is 19.5 Å². The predicted molar refractivity (Wildman–Crippen MR) is 97.9 cm³/mol. The van der Waals surface area contributed by atoms with E-state index >= 15 is 0 Å². The van der Waals surface area contributed by atoms with Gasteiger partial charge in [-0.3, -0.25) is 14.5 Å². The van der Waals surface area contributed by atoms with Gasteiger partial charge in [-0.05, 0) is 50.8 Å². The molecule has 5 nitrogen and oxygen atoms in total. The van der Waals surface area contributed by atoms with E-state index in [1.54, 1.807) is 0 Å². The van der Waals surface area contributed by atoms with E-state index in [9.17, 15) is 9.59 Å². The number of piperidine rings is 2. The molecule has 2 N–H and O–H groups in total. The zero-order valence-electron chi connectivity index (χ0n) is 15.0. The summed E-state index contributed by atoms with van der Waals surface area (Å²) in [6.45, 7) is 3.16. The number of rotatable bonds is 5. The molecule has 0 unspecified atom stereocenters. The zero-order chi connectivity index (χ0) is 17.7. The number of aryl methyl sites for hydroxylation is 1. The van der Waals surface area contributed by atoms with Crippen LogP contribution >= 0.6 is 0 Å². The van der Waals surface area contributed by atoms with Gasteiger partial charge in [-0.1, -0.05) is 36.8 Å². The van der Waals surface area contributed by atoms with Crippen molar-refractivity contribution in [1.29, 1.82) is 0 Å². The van der Waals surface area contributed by atoms with Crippen molar-refractivity contribution in [2.75, 3.05) is 26.2 Å². The van der Waals surface area contributed by atoms with Gasteiger partial charge in [0.1, 0.15) is 5.54 Å². The van der Waals surface area contributed by atoms with E-state index in [-0.39, 0.29) is 11.8 Å². The lowest BCUT2D eigenvalue weighted by Gasteiger charge is -2.48. The zero-order valence-corrected chi connectivity index (χ0v) is 15.0. The van der Waals surface area contributed by atoms with Gasteiger partial charge in [-0.15, -0.1) is 0 Å². The molecule has 0 aliphatic carbocycles. The van der Waals surface area contributed by atoms with Crippen molar-refractivity contribution in [3.8, 4) is 0 Å². The van der Waals surface area contributed by atoms with Crippen molar-refractivity contribution < 1.29 is 9.59 Å². The van der Waals surface area contributed by atoms with E-state index in [0.29, 0.717) is 32.4 Å². The molecule has 0 spiro atoms. The summed E-state index contributed by atoms with van der Waals surface area (Å²) in [5.41, 5.74) is 6.45. The average Bonchev–Trinajstić information content (AvgIpc) is 2.67. The van der Waals surface area contributed by atoms with Crippen LogP contribution in [0.1, 0.15) is 44.1 Å². The third kappa shape index (κ3) is 4.03. The normalized spacial score (nSPS) is 21.0. The van der Waals surface area contributed by atoms with Crippen LogP contribution in [-0.2, 0) is 16.0 Å². The van der Waals surface area contributed by atoms with Gasteiger partial charge < -0.3 is 10.6 Å². The molecule has 2 fully saturated rings. The van der Waals surface area contributed by atoms with Gasteiger partial charge in [0.15, 0.2) is 0 Å². The number of benzene rings is 1. The number of primary amides is 1. The molecule has 0 radical (unpaired) electrons. The van der Waals surface area contributed by atoms with Gasteiger partial charge in [0.05, 0.1) is 0 Å². The van der Waals surface area contributed by atoms with E-state index in [2.05, 4.69) is 17.0 Å². The number of carbonyl (C=O) groups excluding carboxylic acids is 2. The molecule has 5 heteroatoms. The van der Waals surface area contributed by atoms with Crippen molar-refractivity contribution in [2.24, 2.45) is 5.73 Å². The number of carbonyl (C=O) groups is 2. The highest BCUT2D eigenvalue weighted by molar-refractivity contribution is 5.85. The minimum absolute atomic E-state index is 0.181. The lowest BCUT2D eigenvalue weighted by Crippen LogP contribution is -2.63. The molecule has 2 aliphatic rings. The molecule has 0 bridgehead atoms. The molecular weight excluding hydrogens is 314 g/mol. The third-order valence-corrected chi connectivity index (χ3v) is 5.83. The highest BCUT2D eigenvalue weighted by atomic mass is 16.2. The highest BCUT2D eigenvalue weighted by Gasteiger charge is 2.45. The quantitative estimate of drug-likeness (QED) is 0.889. The fraction of sp³-hybridized carbons (Fsp3) is 0.600. The Kier molecular flexibility index (Phi) is 5.74. The van der Waals surface area contributed by atoms with E-state index in [1.165, 1.54) is 12.0 Å². The summed E-state index contributed by atoms with van der Waals surface area (Å²) < 4.78 is 0. The van der Waals surface area contributed by atoms with E-state index in [1.807, 2.05) is 23.1 Å². The number of hydrogen-bond acceptors (Lipinski definition) is 3. The van der Waals surface area contributed by atoms with E-state index in [4.69, 9.17) is 5.73 Å². The average molecular weight is 343 g/mol. The fourth-order valence-electron chi connectivity index (χ4n) is 4.22. The molecule has 0 saturated carbocycles. The molecular formula is C20H29N3O2. The molecule has 2 aliphatic heterocycles. The molecule has 0 atom stereocenters. The summed E-state index contributed by atoms with van der Waals surface area (Å²) in [6.07, 6.45) is 6.12. The van der Waals surface area contributed by atoms with E-state index < -0.39 is 5.54 Å². The van der Waals surface area contributed by atoms with Crippen molar-refractivity contribution >= 4 is 11.8 Å². The largest absolute Gasteiger partial charge is 0.368 e.